The van der Waals surface area contributed by atoms with Crippen molar-refractivity contribution in [1.29, 1.82) is 0 Å². The summed E-state index contributed by atoms with van der Waals surface area (Å²) in [6, 6.07) is 4.42. The minimum absolute atomic E-state index is 0.712. The normalized spacial score (nSPS) is 11.0. The minimum atomic E-state index is 0.712. The molecular formula is C16H23N3O. The average Bonchev–Trinajstić information content (AvgIpc) is 2.82. The van der Waals surface area contributed by atoms with Crippen molar-refractivity contribution in [2.75, 3.05) is 20.3 Å². The van der Waals surface area contributed by atoms with E-state index < -0.39 is 0 Å². The SMILES string of the molecule is COCCNCc1ncc(-c2c(C)cc(C)cc2C)[nH]1. The van der Waals surface area contributed by atoms with Crippen LogP contribution in [0, 0.1) is 20.8 Å². The first-order valence-electron chi connectivity index (χ1n) is 6.93. The maximum Gasteiger partial charge on any atom is 0.120 e. The third-order valence-electron chi connectivity index (χ3n) is 3.35. The lowest BCUT2D eigenvalue weighted by Gasteiger charge is -2.09. The van der Waals surface area contributed by atoms with Crippen molar-refractivity contribution in [2.45, 2.75) is 27.3 Å². The number of hydrogen-bond acceptors (Lipinski definition) is 3. The molecule has 2 aromatic rings. The summed E-state index contributed by atoms with van der Waals surface area (Å²) in [6.45, 7) is 8.69. The van der Waals surface area contributed by atoms with Crippen LogP contribution in [-0.4, -0.2) is 30.2 Å². The monoisotopic (exact) mass is 273 g/mol. The number of aromatic nitrogens is 2. The predicted octanol–water partition coefficient (Wildman–Crippen LogP) is 2.74. The van der Waals surface area contributed by atoms with Crippen LogP contribution in [0.2, 0.25) is 0 Å². The number of methoxy groups -OCH3 is 1. The van der Waals surface area contributed by atoms with Crippen LogP contribution in [0.25, 0.3) is 11.3 Å². The molecule has 4 nitrogen and oxygen atoms in total. The number of aromatic amines is 1. The van der Waals surface area contributed by atoms with Gasteiger partial charge in [-0.05, 0) is 31.9 Å². The van der Waals surface area contributed by atoms with E-state index in [4.69, 9.17) is 4.74 Å². The lowest BCUT2D eigenvalue weighted by Crippen LogP contribution is -2.19. The molecule has 0 radical (unpaired) electrons. The Hall–Kier alpha value is -1.65. The van der Waals surface area contributed by atoms with Gasteiger partial charge in [0.2, 0.25) is 0 Å². The topological polar surface area (TPSA) is 49.9 Å². The summed E-state index contributed by atoms with van der Waals surface area (Å²) in [4.78, 5) is 7.83. The summed E-state index contributed by atoms with van der Waals surface area (Å²) in [5.41, 5.74) is 6.20. The second-order valence-electron chi connectivity index (χ2n) is 5.19. The van der Waals surface area contributed by atoms with Crippen LogP contribution >= 0.6 is 0 Å². The molecule has 0 spiro atoms. The average molecular weight is 273 g/mol. The molecule has 0 aliphatic carbocycles. The van der Waals surface area contributed by atoms with E-state index in [1.807, 2.05) is 6.20 Å². The highest BCUT2D eigenvalue weighted by atomic mass is 16.5. The number of nitrogens with zero attached hydrogens (tertiary/aromatic N) is 1. The molecule has 2 N–H and O–H groups in total. The lowest BCUT2D eigenvalue weighted by molar-refractivity contribution is 0.199. The summed E-state index contributed by atoms with van der Waals surface area (Å²) < 4.78 is 5.00. The van der Waals surface area contributed by atoms with E-state index in [0.717, 1.165) is 24.6 Å². The molecule has 0 saturated heterocycles. The summed E-state index contributed by atoms with van der Waals surface area (Å²) in [5.74, 6) is 0.954. The largest absolute Gasteiger partial charge is 0.383 e. The van der Waals surface area contributed by atoms with Gasteiger partial charge in [0.05, 0.1) is 25.0 Å². The summed E-state index contributed by atoms with van der Waals surface area (Å²) >= 11 is 0. The van der Waals surface area contributed by atoms with Gasteiger partial charge in [-0.15, -0.1) is 0 Å². The van der Waals surface area contributed by atoms with E-state index in [9.17, 15) is 0 Å². The number of H-pyrrole nitrogens is 1. The molecule has 0 fully saturated rings. The van der Waals surface area contributed by atoms with Crippen molar-refractivity contribution in [2.24, 2.45) is 0 Å². The van der Waals surface area contributed by atoms with E-state index in [-0.39, 0.29) is 0 Å². The summed E-state index contributed by atoms with van der Waals surface area (Å²) in [7, 11) is 1.70. The molecule has 0 amide bonds. The first kappa shape index (κ1) is 14.8. The maximum atomic E-state index is 5.00. The Kier molecular flexibility index (Phi) is 4.93. The van der Waals surface area contributed by atoms with E-state index >= 15 is 0 Å². The van der Waals surface area contributed by atoms with Gasteiger partial charge in [-0.1, -0.05) is 17.7 Å². The van der Waals surface area contributed by atoms with Crippen LogP contribution in [-0.2, 0) is 11.3 Å². The third kappa shape index (κ3) is 3.46. The van der Waals surface area contributed by atoms with E-state index in [0.29, 0.717) is 6.61 Å². The molecule has 0 atom stereocenters. The Labute approximate surface area is 120 Å². The zero-order valence-electron chi connectivity index (χ0n) is 12.7. The number of ether oxygens (including phenoxy) is 1. The molecule has 0 aliphatic rings. The van der Waals surface area contributed by atoms with Crippen LogP contribution in [0.3, 0.4) is 0 Å². The van der Waals surface area contributed by atoms with Crippen LogP contribution < -0.4 is 5.32 Å². The number of rotatable bonds is 6. The quantitative estimate of drug-likeness (QED) is 0.796. The number of aryl methyl sites for hydroxylation is 3. The highest BCUT2D eigenvalue weighted by molar-refractivity contribution is 5.67. The van der Waals surface area contributed by atoms with E-state index in [1.54, 1.807) is 7.11 Å². The van der Waals surface area contributed by atoms with Gasteiger partial charge in [0.15, 0.2) is 0 Å². The Morgan fingerprint density at radius 3 is 2.55 bits per heavy atom. The van der Waals surface area contributed by atoms with Gasteiger partial charge in [-0.25, -0.2) is 4.98 Å². The predicted molar refractivity (Wildman–Crippen MR) is 81.8 cm³/mol. The first-order chi connectivity index (χ1) is 9.61. The standard InChI is InChI=1S/C16H23N3O/c1-11-7-12(2)16(13(3)8-11)14-9-18-15(19-14)10-17-5-6-20-4/h7-9,17H,5-6,10H2,1-4H3,(H,18,19). The van der Waals surface area contributed by atoms with Crippen molar-refractivity contribution < 1.29 is 4.74 Å². The summed E-state index contributed by atoms with van der Waals surface area (Å²) in [5, 5.41) is 3.29. The number of nitrogens with one attached hydrogen (secondary N) is 2. The van der Waals surface area contributed by atoms with Crippen molar-refractivity contribution in [3.05, 3.63) is 40.8 Å². The second-order valence-corrected chi connectivity index (χ2v) is 5.19. The molecule has 0 bridgehead atoms. The van der Waals surface area contributed by atoms with Crippen molar-refractivity contribution in [3.8, 4) is 11.3 Å². The van der Waals surface area contributed by atoms with Gasteiger partial charge in [0.1, 0.15) is 5.82 Å². The van der Waals surface area contributed by atoms with Crippen molar-refractivity contribution in [3.63, 3.8) is 0 Å². The van der Waals surface area contributed by atoms with Crippen LogP contribution in [0.5, 0.6) is 0 Å². The molecule has 1 aromatic heterocycles. The van der Waals surface area contributed by atoms with Gasteiger partial charge in [0.25, 0.3) is 0 Å². The Bertz CT molecular complexity index is 552. The molecule has 0 saturated carbocycles. The second kappa shape index (κ2) is 6.68. The van der Waals surface area contributed by atoms with Gasteiger partial charge < -0.3 is 15.0 Å². The van der Waals surface area contributed by atoms with Crippen molar-refractivity contribution in [1.82, 2.24) is 15.3 Å². The third-order valence-corrected chi connectivity index (χ3v) is 3.35. The molecule has 2 rings (SSSR count). The zero-order chi connectivity index (χ0) is 14.5. The van der Waals surface area contributed by atoms with Gasteiger partial charge in [-0.3, -0.25) is 0 Å². The number of benzene rings is 1. The fourth-order valence-corrected chi connectivity index (χ4v) is 2.57. The fraction of sp³-hybridized carbons (Fsp3) is 0.438. The molecule has 0 unspecified atom stereocenters. The molecule has 0 aliphatic heterocycles. The smallest absolute Gasteiger partial charge is 0.120 e. The van der Waals surface area contributed by atoms with Crippen LogP contribution in [0.15, 0.2) is 18.3 Å². The Morgan fingerprint density at radius 1 is 1.20 bits per heavy atom. The van der Waals surface area contributed by atoms with Gasteiger partial charge >= 0.3 is 0 Å². The van der Waals surface area contributed by atoms with Gasteiger partial charge in [0, 0.05) is 19.2 Å². The maximum absolute atomic E-state index is 5.00. The Balaban J connectivity index is 2.13. The Morgan fingerprint density at radius 2 is 1.90 bits per heavy atom. The van der Waals surface area contributed by atoms with Crippen LogP contribution in [0.1, 0.15) is 22.5 Å². The van der Waals surface area contributed by atoms with E-state index in [1.165, 1.54) is 22.3 Å². The van der Waals surface area contributed by atoms with Crippen molar-refractivity contribution >= 4 is 0 Å². The molecule has 108 valence electrons. The molecular weight excluding hydrogens is 250 g/mol. The molecule has 1 aromatic carbocycles. The number of imidazole rings is 1. The lowest BCUT2D eigenvalue weighted by atomic mass is 9.98. The highest BCUT2D eigenvalue weighted by Crippen LogP contribution is 2.26. The summed E-state index contributed by atoms with van der Waals surface area (Å²) in [6.07, 6.45) is 1.91. The fourth-order valence-electron chi connectivity index (χ4n) is 2.57. The molecule has 4 heteroatoms. The zero-order valence-corrected chi connectivity index (χ0v) is 12.7. The first-order valence-corrected chi connectivity index (χ1v) is 6.93. The molecule has 20 heavy (non-hydrogen) atoms. The number of hydrogen-bond donors (Lipinski definition) is 2. The van der Waals surface area contributed by atoms with E-state index in [2.05, 4.69) is 48.2 Å². The van der Waals surface area contributed by atoms with Crippen LogP contribution in [0.4, 0.5) is 0 Å². The molecule has 1 heterocycles. The minimum Gasteiger partial charge on any atom is -0.383 e. The van der Waals surface area contributed by atoms with Gasteiger partial charge in [-0.2, -0.15) is 0 Å². The highest BCUT2D eigenvalue weighted by Gasteiger charge is 2.09.